The van der Waals surface area contributed by atoms with E-state index < -0.39 is 17.4 Å². The Labute approximate surface area is 110 Å². The molecule has 1 aromatic rings. The van der Waals surface area contributed by atoms with Crippen molar-refractivity contribution >= 4 is 17.9 Å². The zero-order valence-corrected chi connectivity index (χ0v) is 11.2. The Balaban J connectivity index is 2.50. The maximum atomic E-state index is 11.6. The maximum Gasteiger partial charge on any atom is 0.323 e. The second-order valence-corrected chi connectivity index (χ2v) is 4.42. The van der Waals surface area contributed by atoms with Crippen molar-refractivity contribution < 1.29 is 19.1 Å². The van der Waals surface area contributed by atoms with E-state index in [1.807, 2.05) is 6.92 Å². The van der Waals surface area contributed by atoms with Crippen LogP contribution in [0, 0.1) is 6.92 Å². The van der Waals surface area contributed by atoms with Crippen molar-refractivity contribution in [3.63, 3.8) is 0 Å². The second kappa shape index (κ2) is 6.28. The minimum absolute atomic E-state index is 0.00294. The van der Waals surface area contributed by atoms with Crippen LogP contribution in [0.25, 0.3) is 0 Å². The maximum absolute atomic E-state index is 11.6. The van der Waals surface area contributed by atoms with E-state index in [-0.39, 0.29) is 12.6 Å². The van der Waals surface area contributed by atoms with Gasteiger partial charge in [0.2, 0.25) is 11.8 Å². The van der Waals surface area contributed by atoms with Crippen molar-refractivity contribution in [3.8, 4) is 0 Å². The molecule has 0 saturated heterocycles. The summed E-state index contributed by atoms with van der Waals surface area (Å²) in [6.45, 7) is 4.88. The number of hydrogen-bond acceptors (Lipinski definition) is 6. The molecule has 1 heterocycles. The minimum atomic E-state index is -1.13. The van der Waals surface area contributed by atoms with Crippen LogP contribution in [0.2, 0.25) is 0 Å². The molecule has 0 aliphatic rings. The first kappa shape index (κ1) is 15.1. The van der Waals surface area contributed by atoms with Crippen molar-refractivity contribution in [2.24, 2.45) is 0 Å². The van der Waals surface area contributed by atoms with Gasteiger partial charge in [0.15, 0.2) is 0 Å². The Morgan fingerprint density at radius 2 is 2.11 bits per heavy atom. The zero-order chi connectivity index (χ0) is 14.5. The number of carbonyl (C=O) groups is 2. The highest BCUT2D eigenvalue weighted by Crippen LogP contribution is 2.12. The largest absolute Gasteiger partial charge is 0.480 e. The first-order chi connectivity index (χ1) is 8.87. The lowest BCUT2D eigenvalue weighted by Crippen LogP contribution is -2.51. The fourth-order valence-corrected chi connectivity index (χ4v) is 1.56. The molecule has 1 unspecified atom stereocenters. The molecule has 0 bridgehead atoms. The van der Waals surface area contributed by atoms with Gasteiger partial charge < -0.3 is 9.52 Å². The van der Waals surface area contributed by atoms with Crippen LogP contribution in [0.1, 0.15) is 32.6 Å². The van der Waals surface area contributed by atoms with Gasteiger partial charge in [0.05, 0.1) is 6.54 Å². The Kier molecular flexibility index (Phi) is 4.99. The summed E-state index contributed by atoms with van der Waals surface area (Å²) in [4.78, 5) is 22.8. The topological polar surface area (TPSA) is 117 Å². The van der Waals surface area contributed by atoms with Gasteiger partial charge >= 0.3 is 12.0 Å². The number of aliphatic carboxylic acids is 1. The molecule has 0 aliphatic heterocycles. The summed E-state index contributed by atoms with van der Waals surface area (Å²) in [5.74, 6) is -1.09. The van der Waals surface area contributed by atoms with Crippen molar-refractivity contribution in [1.29, 1.82) is 0 Å². The molecule has 0 fully saturated rings. The molecule has 1 amide bonds. The fourth-order valence-electron chi connectivity index (χ4n) is 1.56. The van der Waals surface area contributed by atoms with Crippen molar-refractivity contribution in [2.75, 3.05) is 11.9 Å². The number of anilines is 1. The number of rotatable bonds is 7. The molecule has 8 nitrogen and oxygen atoms in total. The predicted octanol–water partition coefficient (Wildman–Crippen LogP) is 0.550. The minimum Gasteiger partial charge on any atom is -0.480 e. The summed E-state index contributed by atoms with van der Waals surface area (Å²) in [7, 11) is 0. The zero-order valence-electron chi connectivity index (χ0n) is 11.2. The Hall–Kier alpha value is -1.96. The van der Waals surface area contributed by atoms with Gasteiger partial charge in [-0.3, -0.25) is 20.2 Å². The molecule has 0 aromatic carbocycles. The molecule has 19 heavy (non-hydrogen) atoms. The highest BCUT2D eigenvalue weighted by molar-refractivity contribution is 5.91. The normalized spacial score (nSPS) is 13.8. The highest BCUT2D eigenvalue weighted by atomic mass is 16.4. The Bertz CT molecular complexity index is 459. The molecular weight excluding hydrogens is 252 g/mol. The van der Waals surface area contributed by atoms with E-state index in [1.165, 1.54) is 0 Å². The van der Waals surface area contributed by atoms with E-state index >= 15 is 0 Å². The van der Waals surface area contributed by atoms with Gasteiger partial charge in [0.1, 0.15) is 5.54 Å². The van der Waals surface area contributed by atoms with Crippen LogP contribution < -0.4 is 10.6 Å². The number of carboxylic acid groups (broad SMARTS) is 1. The number of carboxylic acids is 1. The third kappa shape index (κ3) is 4.32. The number of nitrogens with one attached hydrogen (secondary N) is 2. The monoisotopic (exact) mass is 270 g/mol. The average Bonchev–Trinajstić information content (AvgIpc) is 2.72. The number of aryl methyl sites for hydroxylation is 1. The predicted molar refractivity (Wildman–Crippen MR) is 66.6 cm³/mol. The van der Waals surface area contributed by atoms with Crippen LogP contribution >= 0.6 is 0 Å². The van der Waals surface area contributed by atoms with Crippen molar-refractivity contribution in [1.82, 2.24) is 15.5 Å². The lowest BCUT2D eigenvalue weighted by Gasteiger charge is -2.25. The second-order valence-electron chi connectivity index (χ2n) is 4.42. The molecule has 0 saturated carbocycles. The SMILES string of the molecule is CCCC(C)(NCC(=O)Nc1nnc(C)o1)C(=O)O. The van der Waals surface area contributed by atoms with Crippen LogP contribution in [0.5, 0.6) is 0 Å². The molecule has 0 radical (unpaired) electrons. The lowest BCUT2D eigenvalue weighted by atomic mass is 9.96. The standard InChI is InChI=1S/C11H18N4O4/c1-4-5-11(3,9(17)18)12-6-8(16)13-10-15-14-7(2)19-10/h12H,4-6H2,1-3H3,(H,17,18)(H,13,15,16). The quantitative estimate of drug-likeness (QED) is 0.662. The summed E-state index contributed by atoms with van der Waals surface area (Å²) in [6.07, 6.45) is 1.12. The fraction of sp³-hybridized carbons (Fsp3) is 0.636. The molecule has 1 aromatic heterocycles. The number of hydrogen-bond donors (Lipinski definition) is 3. The van der Waals surface area contributed by atoms with Gasteiger partial charge in [-0.1, -0.05) is 18.4 Å². The van der Waals surface area contributed by atoms with Crippen LogP contribution in [0.3, 0.4) is 0 Å². The summed E-state index contributed by atoms with van der Waals surface area (Å²) in [5, 5.41) is 21.4. The van der Waals surface area contributed by atoms with Gasteiger partial charge in [-0.25, -0.2) is 0 Å². The van der Waals surface area contributed by atoms with E-state index in [1.54, 1.807) is 13.8 Å². The molecular formula is C11H18N4O4. The third-order valence-electron chi connectivity index (χ3n) is 2.63. The number of amides is 1. The van der Waals surface area contributed by atoms with Gasteiger partial charge in [0.25, 0.3) is 0 Å². The first-order valence-corrected chi connectivity index (χ1v) is 5.96. The van der Waals surface area contributed by atoms with Crippen molar-refractivity contribution in [2.45, 2.75) is 39.2 Å². The third-order valence-corrected chi connectivity index (χ3v) is 2.63. The smallest absolute Gasteiger partial charge is 0.323 e. The van der Waals surface area contributed by atoms with E-state index in [4.69, 9.17) is 9.52 Å². The van der Waals surface area contributed by atoms with E-state index in [9.17, 15) is 9.59 Å². The molecule has 106 valence electrons. The van der Waals surface area contributed by atoms with Crippen LogP contribution in [-0.4, -0.2) is 39.3 Å². The van der Waals surface area contributed by atoms with Crippen LogP contribution in [0.15, 0.2) is 4.42 Å². The van der Waals surface area contributed by atoms with Gasteiger partial charge in [-0.15, -0.1) is 5.10 Å². The first-order valence-electron chi connectivity index (χ1n) is 5.96. The van der Waals surface area contributed by atoms with Crippen molar-refractivity contribution in [3.05, 3.63) is 5.89 Å². The number of aromatic nitrogens is 2. The molecule has 0 aliphatic carbocycles. The molecule has 1 atom stereocenters. The Morgan fingerprint density at radius 3 is 2.58 bits per heavy atom. The molecule has 0 spiro atoms. The summed E-state index contributed by atoms with van der Waals surface area (Å²) >= 11 is 0. The summed E-state index contributed by atoms with van der Waals surface area (Å²) < 4.78 is 4.98. The van der Waals surface area contributed by atoms with Gasteiger partial charge in [-0.05, 0) is 13.3 Å². The average molecular weight is 270 g/mol. The number of carbonyl (C=O) groups excluding carboxylic acids is 1. The van der Waals surface area contributed by atoms with Crippen LogP contribution in [0.4, 0.5) is 6.01 Å². The molecule has 3 N–H and O–H groups in total. The molecule has 1 rings (SSSR count). The van der Waals surface area contributed by atoms with E-state index in [0.29, 0.717) is 18.7 Å². The lowest BCUT2D eigenvalue weighted by molar-refractivity contribution is -0.144. The van der Waals surface area contributed by atoms with E-state index in [0.717, 1.165) is 0 Å². The Morgan fingerprint density at radius 1 is 1.42 bits per heavy atom. The van der Waals surface area contributed by atoms with E-state index in [2.05, 4.69) is 20.8 Å². The summed E-state index contributed by atoms with van der Waals surface area (Å²) in [5.41, 5.74) is -1.13. The van der Waals surface area contributed by atoms with Gasteiger partial charge in [0, 0.05) is 6.92 Å². The summed E-state index contributed by atoms with van der Waals surface area (Å²) in [6, 6.07) is -0.00294. The molecule has 8 heteroatoms. The van der Waals surface area contributed by atoms with Gasteiger partial charge in [-0.2, -0.15) is 0 Å². The highest BCUT2D eigenvalue weighted by Gasteiger charge is 2.32. The van der Waals surface area contributed by atoms with Crippen LogP contribution in [-0.2, 0) is 9.59 Å². The number of nitrogens with zero attached hydrogens (tertiary/aromatic N) is 2.